The van der Waals surface area contributed by atoms with E-state index in [2.05, 4.69) is 27.7 Å². The summed E-state index contributed by atoms with van der Waals surface area (Å²) < 4.78 is 5.38. The zero-order valence-electron chi connectivity index (χ0n) is 16.3. The SMILES string of the molecule is Cc1ccc(-c2cc(C(=O)NC3CCNC(C)C3)c3c(C)noc3n2)cc1.Cl. The normalized spacial score (nSPS) is 19.2. The Hall–Kier alpha value is -2.44. The van der Waals surface area contributed by atoms with E-state index in [4.69, 9.17) is 4.52 Å². The molecule has 1 aliphatic rings. The summed E-state index contributed by atoms with van der Waals surface area (Å²) in [6.07, 6.45) is 1.85. The first-order valence-electron chi connectivity index (χ1n) is 9.39. The molecule has 1 aliphatic heterocycles. The van der Waals surface area contributed by atoms with E-state index in [-0.39, 0.29) is 24.4 Å². The second kappa shape index (κ2) is 8.29. The highest BCUT2D eigenvalue weighted by Crippen LogP contribution is 2.27. The van der Waals surface area contributed by atoms with Gasteiger partial charge >= 0.3 is 0 Å². The van der Waals surface area contributed by atoms with Crippen molar-refractivity contribution in [3.8, 4) is 11.3 Å². The molecular weight excluding hydrogens is 376 g/mol. The van der Waals surface area contributed by atoms with Crippen LogP contribution in [0.25, 0.3) is 22.4 Å². The van der Waals surface area contributed by atoms with Crippen molar-refractivity contribution in [1.29, 1.82) is 0 Å². The molecule has 4 rings (SSSR count). The average Bonchev–Trinajstić information content (AvgIpc) is 3.03. The van der Waals surface area contributed by atoms with Crippen LogP contribution in [-0.4, -0.2) is 34.7 Å². The fourth-order valence-corrected chi connectivity index (χ4v) is 3.67. The van der Waals surface area contributed by atoms with Crippen LogP contribution in [0.5, 0.6) is 0 Å². The largest absolute Gasteiger partial charge is 0.349 e. The quantitative estimate of drug-likeness (QED) is 0.699. The highest BCUT2D eigenvalue weighted by molar-refractivity contribution is 6.07. The molecule has 0 saturated carbocycles. The predicted octanol–water partition coefficient (Wildman–Crippen LogP) is 3.80. The highest BCUT2D eigenvalue weighted by atomic mass is 35.5. The molecule has 148 valence electrons. The molecule has 0 aliphatic carbocycles. The maximum absolute atomic E-state index is 13.1. The van der Waals surface area contributed by atoms with E-state index in [1.54, 1.807) is 0 Å². The van der Waals surface area contributed by atoms with Crippen LogP contribution >= 0.6 is 12.4 Å². The van der Waals surface area contributed by atoms with Crippen LogP contribution in [-0.2, 0) is 0 Å². The second-order valence-corrected chi connectivity index (χ2v) is 7.42. The van der Waals surface area contributed by atoms with Crippen LogP contribution in [0.1, 0.15) is 41.4 Å². The number of nitrogens with zero attached hydrogens (tertiary/aromatic N) is 2. The number of aryl methyl sites for hydroxylation is 2. The molecule has 1 fully saturated rings. The monoisotopic (exact) mass is 400 g/mol. The van der Waals surface area contributed by atoms with Gasteiger partial charge in [0.1, 0.15) is 0 Å². The molecule has 28 heavy (non-hydrogen) atoms. The van der Waals surface area contributed by atoms with Gasteiger partial charge in [0.25, 0.3) is 11.6 Å². The third-order valence-electron chi connectivity index (χ3n) is 5.17. The van der Waals surface area contributed by atoms with Crippen LogP contribution in [0, 0.1) is 13.8 Å². The molecule has 2 unspecified atom stereocenters. The van der Waals surface area contributed by atoms with Crippen molar-refractivity contribution in [2.24, 2.45) is 0 Å². The third-order valence-corrected chi connectivity index (χ3v) is 5.17. The minimum absolute atomic E-state index is 0. The van der Waals surface area contributed by atoms with Crippen molar-refractivity contribution in [3.05, 3.63) is 47.2 Å². The lowest BCUT2D eigenvalue weighted by Gasteiger charge is -2.28. The maximum Gasteiger partial charge on any atom is 0.259 e. The van der Waals surface area contributed by atoms with Gasteiger partial charge in [-0.1, -0.05) is 35.0 Å². The van der Waals surface area contributed by atoms with Crippen LogP contribution in [0.15, 0.2) is 34.9 Å². The van der Waals surface area contributed by atoms with E-state index in [9.17, 15) is 4.79 Å². The Kier molecular flexibility index (Phi) is 6.01. The molecule has 7 heteroatoms. The van der Waals surface area contributed by atoms with Gasteiger partial charge < -0.3 is 15.2 Å². The van der Waals surface area contributed by atoms with E-state index in [0.29, 0.717) is 34.1 Å². The molecule has 3 heterocycles. The molecule has 2 aromatic heterocycles. The van der Waals surface area contributed by atoms with Gasteiger partial charge in [0.05, 0.1) is 22.3 Å². The average molecular weight is 401 g/mol. The molecule has 0 bridgehead atoms. The van der Waals surface area contributed by atoms with E-state index in [1.807, 2.05) is 44.2 Å². The zero-order valence-corrected chi connectivity index (χ0v) is 17.1. The van der Waals surface area contributed by atoms with Gasteiger partial charge in [-0.2, -0.15) is 0 Å². The lowest BCUT2D eigenvalue weighted by atomic mass is 9.99. The summed E-state index contributed by atoms with van der Waals surface area (Å²) in [7, 11) is 0. The topological polar surface area (TPSA) is 80.0 Å². The summed E-state index contributed by atoms with van der Waals surface area (Å²) in [4.78, 5) is 17.7. The molecule has 0 spiro atoms. The van der Waals surface area contributed by atoms with Gasteiger partial charge in [0.2, 0.25) is 0 Å². The van der Waals surface area contributed by atoms with E-state index < -0.39 is 0 Å². The molecule has 3 aromatic rings. The van der Waals surface area contributed by atoms with E-state index >= 15 is 0 Å². The van der Waals surface area contributed by atoms with Gasteiger partial charge in [-0.3, -0.25) is 4.79 Å². The number of amides is 1. The second-order valence-electron chi connectivity index (χ2n) is 7.42. The number of carbonyl (C=O) groups is 1. The summed E-state index contributed by atoms with van der Waals surface area (Å²) in [5, 5.41) is 11.3. The Labute approximate surface area is 170 Å². The Morgan fingerprint density at radius 3 is 2.71 bits per heavy atom. The molecular formula is C21H25ClN4O2. The Bertz CT molecular complexity index is 984. The smallest absolute Gasteiger partial charge is 0.259 e. The molecule has 1 saturated heterocycles. The summed E-state index contributed by atoms with van der Waals surface area (Å²) in [6, 6.07) is 10.5. The number of nitrogens with one attached hydrogen (secondary N) is 2. The van der Waals surface area contributed by atoms with Crippen molar-refractivity contribution in [3.63, 3.8) is 0 Å². The highest BCUT2D eigenvalue weighted by Gasteiger charge is 2.24. The number of piperidine rings is 1. The number of fused-ring (bicyclic) bond motifs is 1. The Morgan fingerprint density at radius 1 is 1.25 bits per heavy atom. The fourth-order valence-electron chi connectivity index (χ4n) is 3.67. The van der Waals surface area contributed by atoms with Gasteiger partial charge in [-0.05, 0) is 46.2 Å². The van der Waals surface area contributed by atoms with Crippen molar-refractivity contribution in [1.82, 2.24) is 20.8 Å². The lowest BCUT2D eigenvalue weighted by Crippen LogP contribution is -2.46. The first-order chi connectivity index (χ1) is 13.0. The number of halogens is 1. The minimum Gasteiger partial charge on any atom is -0.349 e. The Morgan fingerprint density at radius 2 is 2.00 bits per heavy atom. The third kappa shape index (κ3) is 4.03. The Balaban J connectivity index is 0.00000225. The molecule has 0 radical (unpaired) electrons. The predicted molar refractivity (Wildman–Crippen MR) is 112 cm³/mol. The van der Waals surface area contributed by atoms with Gasteiger partial charge in [-0.15, -0.1) is 12.4 Å². The number of carbonyl (C=O) groups excluding carboxylic acids is 1. The minimum atomic E-state index is -0.0961. The summed E-state index contributed by atoms with van der Waals surface area (Å²) in [5.74, 6) is -0.0961. The van der Waals surface area contributed by atoms with E-state index in [1.165, 1.54) is 5.56 Å². The van der Waals surface area contributed by atoms with Crippen molar-refractivity contribution >= 4 is 29.4 Å². The van der Waals surface area contributed by atoms with Crippen LogP contribution in [0.4, 0.5) is 0 Å². The van der Waals surface area contributed by atoms with Crippen molar-refractivity contribution in [2.75, 3.05) is 6.54 Å². The lowest BCUT2D eigenvalue weighted by molar-refractivity contribution is 0.0927. The number of hydrogen-bond donors (Lipinski definition) is 2. The van der Waals surface area contributed by atoms with Crippen molar-refractivity contribution < 1.29 is 9.32 Å². The van der Waals surface area contributed by atoms with Gasteiger partial charge in [0, 0.05) is 17.6 Å². The first kappa shape index (κ1) is 20.3. The molecule has 1 aromatic carbocycles. The zero-order chi connectivity index (χ0) is 19.0. The summed E-state index contributed by atoms with van der Waals surface area (Å²) in [6.45, 7) is 6.93. The number of hydrogen-bond acceptors (Lipinski definition) is 5. The number of aromatic nitrogens is 2. The standard InChI is InChI=1S/C21H24N4O2.ClH/c1-12-4-6-15(7-5-12)18-11-17(19-14(3)25-27-21(19)24-18)20(26)23-16-8-9-22-13(2)10-16;/h4-7,11,13,16,22H,8-10H2,1-3H3,(H,23,26);1H. The van der Waals surface area contributed by atoms with Gasteiger partial charge in [0.15, 0.2) is 0 Å². The van der Waals surface area contributed by atoms with E-state index in [0.717, 1.165) is 24.9 Å². The molecule has 6 nitrogen and oxygen atoms in total. The van der Waals surface area contributed by atoms with Crippen LogP contribution in [0.2, 0.25) is 0 Å². The first-order valence-corrected chi connectivity index (χ1v) is 9.39. The number of pyridine rings is 1. The number of rotatable bonds is 3. The van der Waals surface area contributed by atoms with Gasteiger partial charge in [-0.25, -0.2) is 4.98 Å². The molecule has 2 atom stereocenters. The maximum atomic E-state index is 13.1. The fraction of sp³-hybridized carbons (Fsp3) is 0.381. The molecule has 2 N–H and O–H groups in total. The summed E-state index contributed by atoms with van der Waals surface area (Å²) >= 11 is 0. The number of benzene rings is 1. The van der Waals surface area contributed by atoms with Crippen molar-refractivity contribution in [2.45, 2.75) is 45.7 Å². The summed E-state index contributed by atoms with van der Waals surface area (Å²) in [5.41, 5.74) is 4.48. The molecule has 1 amide bonds. The van der Waals surface area contributed by atoms with Crippen LogP contribution in [0.3, 0.4) is 0 Å². The van der Waals surface area contributed by atoms with Crippen LogP contribution < -0.4 is 10.6 Å².